The van der Waals surface area contributed by atoms with Crippen LogP contribution < -0.4 is 34.7 Å². The predicted molar refractivity (Wildman–Crippen MR) is 33.6 cm³/mol. The first kappa shape index (κ1) is 12.8. The Labute approximate surface area is 83.6 Å². The van der Waals surface area contributed by atoms with E-state index in [1.54, 1.807) is 20.8 Å². The van der Waals surface area contributed by atoms with E-state index in [4.69, 9.17) is 0 Å². The third-order valence-electron chi connectivity index (χ3n) is 0.959. The Hall–Kier alpha value is 0.210. The van der Waals surface area contributed by atoms with Crippen LogP contribution in [0.2, 0.25) is 0 Å². The minimum atomic E-state index is -0.416. The Balaban J connectivity index is 0. The monoisotopic (exact) mass is 150 g/mol. The Kier molecular flexibility index (Phi) is 6.35. The molecule has 0 saturated heterocycles. The van der Waals surface area contributed by atoms with Gasteiger partial charge in [-0.15, -0.1) is 5.76 Å². The maximum absolute atomic E-state index is 10.8. The Morgan fingerprint density at radius 1 is 1.40 bits per heavy atom. The van der Waals surface area contributed by atoms with Crippen LogP contribution in [0, 0.1) is 5.41 Å². The van der Waals surface area contributed by atoms with Crippen LogP contribution in [0.3, 0.4) is 0 Å². The van der Waals surface area contributed by atoms with Gasteiger partial charge in [-0.2, -0.15) is 0 Å². The Bertz CT molecular complexity index is 133. The SMILES string of the molecule is CC(C)(C)C([O-])=CC=O.[Na+]. The van der Waals surface area contributed by atoms with Crippen LogP contribution in [0.1, 0.15) is 20.8 Å². The van der Waals surface area contributed by atoms with Crippen molar-refractivity contribution in [3.8, 4) is 0 Å². The number of hydrogen-bond donors (Lipinski definition) is 0. The van der Waals surface area contributed by atoms with Crippen molar-refractivity contribution in [2.24, 2.45) is 5.41 Å². The van der Waals surface area contributed by atoms with E-state index in [0.29, 0.717) is 6.29 Å². The topological polar surface area (TPSA) is 40.1 Å². The summed E-state index contributed by atoms with van der Waals surface area (Å²) in [4.78, 5) is 9.79. The summed E-state index contributed by atoms with van der Waals surface area (Å²) in [6.45, 7) is 5.32. The molecule has 0 N–H and O–H groups in total. The van der Waals surface area contributed by atoms with Crippen LogP contribution in [-0.2, 0) is 4.79 Å². The molecule has 2 nitrogen and oxygen atoms in total. The second kappa shape index (κ2) is 4.94. The van der Waals surface area contributed by atoms with Crippen LogP contribution >= 0.6 is 0 Å². The van der Waals surface area contributed by atoms with Crippen molar-refractivity contribution in [1.29, 1.82) is 0 Å². The molecular formula is C7H11NaO2. The fraction of sp³-hybridized carbons (Fsp3) is 0.571. The molecule has 0 aliphatic rings. The number of hydrogen-bond acceptors (Lipinski definition) is 2. The van der Waals surface area contributed by atoms with E-state index < -0.39 is 5.41 Å². The van der Waals surface area contributed by atoms with Crippen molar-refractivity contribution in [2.45, 2.75) is 20.8 Å². The van der Waals surface area contributed by atoms with Gasteiger partial charge < -0.3 is 5.11 Å². The summed E-state index contributed by atoms with van der Waals surface area (Å²) in [6, 6.07) is 0. The summed E-state index contributed by atoms with van der Waals surface area (Å²) in [6.07, 6.45) is 1.58. The molecule has 0 atom stereocenters. The van der Waals surface area contributed by atoms with Crippen LogP contribution in [0.25, 0.3) is 0 Å². The van der Waals surface area contributed by atoms with Gasteiger partial charge in [0.05, 0.1) is 0 Å². The first-order valence-electron chi connectivity index (χ1n) is 2.81. The molecule has 0 saturated carbocycles. The van der Waals surface area contributed by atoms with Crippen molar-refractivity contribution in [3.05, 3.63) is 11.8 Å². The summed E-state index contributed by atoms with van der Waals surface area (Å²) in [5.41, 5.74) is -0.416. The van der Waals surface area contributed by atoms with E-state index in [-0.39, 0.29) is 35.3 Å². The molecule has 3 heteroatoms. The smallest absolute Gasteiger partial charge is 0.875 e. The molecule has 0 radical (unpaired) electrons. The van der Waals surface area contributed by atoms with Crippen molar-refractivity contribution >= 4 is 6.29 Å². The van der Waals surface area contributed by atoms with Crippen molar-refractivity contribution in [3.63, 3.8) is 0 Å². The van der Waals surface area contributed by atoms with E-state index in [0.717, 1.165) is 6.08 Å². The molecule has 0 bridgehead atoms. The van der Waals surface area contributed by atoms with Gasteiger partial charge in [-0.3, -0.25) is 4.79 Å². The fourth-order valence-electron chi connectivity index (χ4n) is 0.312. The normalized spacial score (nSPS) is 12.1. The molecular weight excluding hydrogens is 139 g/mol. The summed E-state index contributed by atoms with van der Waals surface area (Å²) in [5.74, 6) is -0.127. The molecule has 0 heterocycles. The Morgan fingerprint density at radius 2 is 1.80 bits per heavy atom. The van der Waals surface area contributed by atoms with Gasteiger partial charge >= 0.3 is 29.6 Å². The summed E-state index contributed by atoms with van der Waals surface area (Å²) < 4.78 is 0. The third kappa shape index (κ3) is 5.03. The minimum absolute atomic E-state index is 0. The quantitative estimate of drug-likeness (QED) is 0.179. The van der Waals surface area contributed by atoms with Crippen molar-refractivity contribution < 1.29 is 39.5 Å². The van der Waals surface area contributed by atoms with Gasteiger partial charge in [0.2, 0.25) is 0 Å². The molecule has 52 valence electrons. The molecule has 0 rings (SSSR count). The standard InChI is InChI=1S/C7H12O2.Na/c1-7(2,3)6(9)4-5-8;/h4-5,9H,1-3H3;/q;+1/p-1. The summed E-state index contributed by atoms with van der Waals surface area (Å²) in [5, 5.41) is 10.8. The maximum Gasteiger partial charge on any atom is 1.00 e. The number of carbonyl (C=O) groups is 1. The zero-order chi connectivity index (χ0) is 7.49. The van der Waals surface area contributed by atoms with Gasteiger partial charge in [0, 0.05) is 0 Å². The van der Waals surface area contributed by atoms with Crippen LogP contribution in [0.4, 0.5) is 0 Å². The number of carbonyl (C=O) groups excluding carboxylic acids is 1. The van der Waals surface area contributed by atoms with Gasteiger partial charge in [-0.05, 0) is 11.5 Å². The molecule has 0 aliphatic heterocycles. The van der Waals surface area contributed by atoms with Crippen molar-refractivity contribution in [1.82, 2.24) is 0 Å². The maximum atomic E-state index is 10.8. The molecule has 0 aromatic heterocycles. The van der Waals surface area contributed by atoms with Gasteiger partial charge in [-0.1, -0.05) is 20.8 Å². The van der Waals surface area contributed by atoms with Crippen LogP contribution in [-0.4, -0.2) is 6.29 Å². The van der Waals surface area contributed by atoms with E-state index >= 15 is 0 Å². The molecule has 0 spiro atoms. The number of allylic oxidation sites excluding steroid dienone is 2. The summed E-state index contributed by atoms with van der Waals surface area (Å²) in [7, 11) is 0. The number of rotatable bonds is 1. The zero-order valence-electron chi connectivity index (χ0n) is 6.97. The van der Waals surface area contributed by atoms with Gasteiger partial charge in [0.1, 0.15) is 6.29 Å². The number of aldehydes is 1. The van der Waals surface area contributed by atoms with Crippen molar-refractivity contribution in [2.75, 3.05) is 0 Å². The van der Waals surface area contributed by atoms with Gasteiger partial charge in [-0.25, -0.2) is 0 Å². The first-order valence-corrected chi connectivity index (χ1v) is 2.81. The largest absolute Gasteiger partial charge is 1.00 e. The zero-order valence-corrected chi connectivity index (χ0v) is 8.97. The second-order valence-electron chi connectivity index (χ2n) is 2.92. The average molecular weight is 150 g/mol. The summed E-state index contributed by atoms with van der Waals surface area (Å²) >= 11 is 0. The van der Waals surface area contributed by atoms with E-state index in [1.807, 2.05) is 0 Å². The molecule has 10 heavy (non-hydrogen) atoms. The van der Waals surface area contributed by atoms with E-state index in [1.165, 1.54) is 0 Å². The third-order valence-corrected chi connectivity index (χ3v) is 0.959. The molecule has 0 aliphatic carbocycles. The molecule has 0 aromatic carbocycles. The second-order valence-corrected chi connectivity index (χ2v) is 2.92. The fourth-order valence-corrected chi connectivity index (χ4v) is 0.312. The molecule has 0 aromatic rings. The van der Waals surface area contributed by atoms with E-state index in [2.05, 4.69) is 0 Å². The minimum Gasteiger partial charge on any atom is -0.875 e. The predicted octanol–water partition coefficient (Wildman–Crippen LogP) is -2.52. The molecule has 0 amide bonds. The van der Waals surface area contributed by atoms with Gasteiger partial charge in [0.25, 0.3) is 0 Å². The Morgan fingerprint density at radius 3 is 1.90 bits per heavy atom. The van der Waals surface area contributed by atoms with E-state index in [9.17, 15) is 9.90 Å². The van der Waals surface area contributed by atoms with Crippen LogP contribution in [0.5, 0.6) is 0 Å². The molecule has 0 unspecified atom stereocenters. The van der Waals surface area contributed by atoms with Crippen LogP contribution in [0.15, 0.2) is 11.8 Å². The van der Waals surface area contributed by atoms with Gasteiger partial charge in [0.15, 0.2) is 0 Å². The molecule has 0 fully saturated rings. The first-order chi connectivity index (χ1) is 3.98. The average Bonchev–Trinajstić information content (AvgIpc) is 1.64.